The maximum Gasteiger partial charge on any atom is 0.265 e. The molecular formula is C15H25BrN2OS. The van der Waals surface area contributed by atoms with Crippen molar-refractivity contribution in [2.45, 2.75) is 27.7 Å². The Labute approximate surface area is 135 Å². The molecule has 0 N–H and O–H groups in total. The Morgan fingerprint density at radius 3 is 2.40 bits per heavy atom. The fourth-order valence-corrected chi connectivity index (χ4v) is 3.62. The van der Waals surface area contributed by atoms with E-state index in [4.69, 9.17) is 0 Å². The van der Waals surface area contributed by atoms with Gasteiger partial charge in [0.2, 0.25) is 0 Å². The molecule has 1 amide bonds. The van der Waals surface area contributed by atoms with Crippen LogP contribution in [0.15, 0.2) is 15.9 Å². The third-order valence-corrected chi connectivity index (χ3v) is 5.09. The topological polar surface area (TPSA) is 23.6 Å². The van der Waals surface area contributed by atoms with Crippen molar-refractivity contribution < 1.29 is 4.79 Å². The Morgan fingerprint density at radius 1 is 1.30 bits per heavy atom. The zero-order valence-corrected chi connectivity index (χ0v) is 15.3. The minimum atomic E-state index is 0.146. The van der Waals surface area contributed by atoms with Crippen molar-refractivity contribution in [2.75, 3.05) is 32.7 Å². The average molecular weight is 361 g/mol. The Balaban J connectivity index is 2.73. The summed E-state index contributed by atoms with van der Waals surface area (Å²) in [4.78, 5) is 17.8. The van der Waals surface area contributed by atoms with Crippen molar-refractivity contribution in [1.29, 1.82) is 0 Å². The van der Waals surface area contributed by atoms with E-state index in [0.29, 0.717) is 5.92 Å². The maximum atomic E-state index is 12.6. The second kappa shape index (κ2) is 8.80. The van der Waals surface area contributed by atoms with E-state index in [9.17, 15) is 4.79 Å². The van der Waals surface area contributed by atoms with E-state index in [1.54, 1.807) is 0 Å². The molecule has 0 saturated carbocycles. The van der Waals surface area contributed by atoms with Gasteiger partial charge in [0.25, 0.3) is 5.91 Å². The van der Waals surface area contributed by atoms with Gasteiger partial charge in [-0.15, -0.1) is 11.3 Å². The largest absolute Gasteiger partial charge is 0.336 e. The molecule has 0 fully saturated rings. The molecule has 1 rings (SSSR count). The van der Waals surface area contributed by atoms with E-state index in [1.165, 1.54) is 11.3 Å². The van der Waals surface area contributed by atoms with Gasteiger partial charge < -0.3 is 9.80 Å². The van der Waals surface area contributed by atoms with Crippen molar-refractivity contribution in [1.82, 2.24) is 9.80 Å². The molecule has 20 heavy (non-hydrogen) atoms. The van der Waals surface area contributed by atoms with E-state index in [1.807, 2.05) is 16.3 Å². The molecule has 5 heteroatoms. The van der Waals surface area contributed by atoms with Gasteiger partial charge in [0.15, 0.2) is 0 Å². The van der Waals surface area contributed by atoms with E-state index < -0.39 is 0 Å². The van der Waals surface area contributed by atoms with Gasteiger partial charge in [0.1, 0.15) is 4.88 Å². The number of hydrogen-bond acceptors (Lipinski definition) is 3. The van der Waals surface area contributed by atoms with E-state index in [0.717, 1.165) is 42.1 Å². The molecule has 0 atom stereocenters. The smallest absolute Gasteiger partial charge is 0.265 e. The molecule has 3 nitrogen and oxygen atoms in total. The molecule has 1 aromatic heterocycles. The molecule has 0 aliphatic carbocycles. The number of likely N-dealkylation sites (N-methyl/N-ethyl adjacent to an activating group) is 1. The summed E-state index contributed by atoms with van der Waals surface area (Å²) < 4.78 is 0.907. The molecule has 1 aromatic rings. The summed E-state index contributed by atoms with van der Waals surface area (Å²) in [7, 11) is 0. The predicted molar refractivity (Wildman–Crippen MR) is 90.5 cm³/mol. The number of halogens is 1. The van der Waals surface area contributed by atoms with Crippen LogP contribution in [0.5, 0.6) is 0 Å². The minimum absolute atomic E-state index is 0.146. The number of thiophene rings is 1. The summed E-state index contributed by atoms with van der Waals surface area (Å²) >= 11 is 4.97. The Hall–Kier alpha value is -0.390. The van der Waals surface area contributed by atoms with E-state index in [-0.39, 0.29) is 5.91 Å². The lowest BCUT2D eigenvalue weighted by atomic mass is 10.2. The molecule has 1 heterocycles. The van der Waals surface area contributed by atoms with Gasteiger partial charge >= 0.3 is 0 Å². The predicted octanol–water partition coefficient (Wildman–Crippen LogP) is 3.95. The van der Waals surface area contributed by atoms with Crippen LogP contribution in [0.4, 0.5) is 0 Å². The molecule has 114 valence electrons. The first-order chi connectivity index (χ1) is 9.49. The zero-order chi connectivity index (χ0) is 15.1. The summed E-state index contributed by atoms with van der Waals surface area (Å²) in [6.45, 7) is 13.2. The summed E-state index contributed by atoms with van der Waals surface area (Å²) in [5.41, 5.74) is 0. The van der Waals surface area contributed by atoms with Crippen LogP contribution in [-0.4, -0.2) is 48.4 Å². The summed E-state index contributed by atoms with van der Waals surface area (Å²) in [5.74, 6) is 0.627. The molecule has 0 saturated heterocycles. The summed E-state index contributed by atoms with van der Waals surface area (Å²) in [6.07, 6.45) is 0. The Kier molecular flexibility index (Phi) is 7.77. The fraction of sp³-hybridized carbons (Fsp3) is 0.667. The highest BCUT2D eigenvalue weighted by Gasteiger charge is 2.20. The molecule has 0 aliphatic rings. The van der Waals surface area contributed by atoms with Crippen LogP contribution in [0.25, 0.3) is 0 Å². The van der Waals surface area contributed by atoms with Crippen molar-refractivity contribution in [3.63, 3.8) is 0 Å². The number of nitrogens with zero attached hydrogens (tertiary/aromatic N) is 2. The number of carbonyl (C=O) groups excluding carboxylic acids is 1. The Bertz CT molecular complexity index is 416. The van der Waals surface area contributed by atoms with Gasteiger partial charge in [-0.05, 0) is 46.4 Å². The first-order valence-corrected chi connectivity index (χ1v) is 8.91. The van der Waals surface area contributed by atoms with Crippen LogP contribution in [0.3, 0.4) is 0 Å². The number of hydrogen-bond donors (Lipinski definition) is 0. The van der Waals surface area contributed by atoms with Crippen LogP contribution in [0.2, 0.25) is 0 Å². The highest BCUT2D eigenvalue weighted by atomic mass is 79.9. The number of carbonyl (C=O) groups is 1. The third-order valence-electron chi connectivity index (χ3n) is 3.26. The van der Waals surface area contributed by atoms with Gasteiger partial charge in [-0.2, -0.15) is 0 Å². The number of rotatable bonds is 8. The molecule has 0 aromatic carbocycles. The van der Waals surface area contributed by atoms with Crippen LogP contribution >= 0.6 is 27.3 Å². The van der Waals surface area contributed by atoms with Crippen molar-refractivity contribution in [2.24, 2.45) is 5.92 Å². The SMILES string of the molecule is CCN(CC)CCN(CC(C)C)C(=O)c1sccc1Br. The number of amides is 1. The molecular weight excluding hydrogens is 336 g/mol. The normalized spacial score (nSPS) is 11.3. The molecule has 0 bridgehead atoms. The van der Waals surface area contributed by atoms with Gasteiger partial charge in [-0.1, -0.05) is 27.7 Å². The van der Waals surface area contributed by atoms with Crippen LogP contribution in [0.1, 0.15) is 37.4 Å². The van der Waals surface area contributed by atoms with E-state index in [2.05, 4.69) is 48.5 Å². The van der Waals surface area contributed by atoms with Gasteiger partial charge in [0, 0.05) is 24.1 Å². The first kappa shape index (κ1) is 17.7. The zero-order valence-electron chi connectivity index (χ0n) is 12.9. The Morgan fingerprint density at radius 2 is 1.95 bits per heavy atom. The molecule has 0 aliphatic heterocycles. The standard InChI is InChI=1S/C15H25BrN2OS/c1-5-17(6-2)8-9-18(11-12(3)4)15(19)14-13(16)7-10-20-14/h7,10,12H,5-6,8-9,11H2,1-4H3. The maximum absolute atomic E-state index is 12.6. The van der Waals surface area contributed by atoms with Gasteiger partial charge in [-0.3, -0.25) is 4.79 Å². The lowest BCUT2D eigenvalue weighted by Gasteiger charge is -2.27. The average Bonchev–Trinajstić information content (AvgIpc) is 2.83. The second-order valence-electron chi connectivity index (χ2n) is 5.27. The van der Waals surface area contributed by atoms with Crippen molar-refractivity contribution in [3.05, 3.63) is 20.8 Å². The lowest BCUT2D eigenvalue weighted by Crippen LogP contribution is -2.40. The van der Waals surface area contributed by atoms with E-state index >= 15 is 0 Å². The van der Waals surface area contributed by atoms with Crippen molar-refractivity contribution in [3.8, 4) is 0 Å². The third kappa shape index (κ3) is 5.19. The lowest BCUT2D eigenvalue weighted by molar-refractivity contribution is 0.0720. The quantitative estimate of drug-likeness (QED) is 0.700. The fourth-order valence-electron chi connectivity index (χ4n) is 2.11. The highest BCUT2D eigenvalue weighted by Crippen LogP contribution is 2.24. The first-order valence-electron chi connectivity index (χ1n) is 7.24. The van der Waals surface area contributed by atoms with Crippen LogP contribution < -0.4 is 0 Å². The van der Waals surface area contributed by atoms with Crippen LogP contribution in [0, 0.1) is 5.92 Å². The van der Waals surface area contributed by atoms with Crippen LogP contribution in [-0.2, 0) is 0 Å². The minimum Gasteiger partial charge on any atom is -0.336 e. The summed E-state index contributed by atoms with van der Waals surface area (Å²) in [6, 6.07) is 1.94. The van der Waals surface area contributed by atoms with Crippen molar-refractivity contribution >= 4 is 33.2 Å². The monoisotopic (exact) mass is 360 g/mol. The summed E-state index contributed by atoms with van der Waals surface area (Å²) in [5, 5.41) is 1.95. The van der Waals surface area contributed by atoms with Gasteiger partial charge in [0.05, 0.1) is 0 Å². The second-order valence-corrected chi connectivity index (χ2v) is 7.04. The molecule has 0 radical (unpaired) electrons. The molecule has 0 unspecified atom stereocenters. The molecule has 0 spiro atoms. The van der Waals surface area contributed by atoms with Gasteiger partial charge in [-0.25, -0.2) is 0 Å². The highest BCUT2D eigenvalue weighted by molar-refractivity contribution is 9.10.